The fraction of sp³-hybridized carbons (Fsp3) is 0.316. The van der Waals surface area contributed by atoms with Gasteiger partial charge in [0.25, 0.3) is 0 Å². The highest BCUT2D eigenvalue weighted by Crippen LogP contribution is 2.31. The van der Waals surface area contributed by atoms with E-state index in [0.29, 0.717) is 6.42 Å². The summed E-state index contributed by atoms with van der Waals surface area (Å²) in [6, 6.07) is 16.0. The molecular formula is C19H22N2O2S. The van der Waals surface area contributed by atoms with Crippen LogP contribution in [-0.4, -0.2) is 37.1 Å². The number of carbonyl (C=O) groups excluding carboxylic acids is 1. The molecule has 0 bridgehead atoms. The van der Waals surface area contributed by atoms with Crippen LogP contribution in [0.5, 0.6) is 5.75 Å². The third-order valence-corrected chi connectivity index (χ3v) is 5.13. The maximum Gasteiger partial charge on any atom is 0.225 e. The maximum absolute atomic E-state index is 12.3. The predicted octanol–water partition coefficient (Wildman–Crippen LogP) is 3.40. The number of anilines is 1. The standard InChI is InChI=1S/C19H22N2O2S/c1-23-18-8-3-2-7-17(18)14-5-4-6-15(11-14)21-19(22)12-16-13-24-10-9-20-16/h2-8,11,16,20H,9-10,12-13H2,1H3,(H,21,22). The molecule has 0 radical (unpaired) electrons. The first-order chi connectivity index (χ1) is 11.8. The van der Waals surface area contributed by atoms with Crippen molar-refractivity contribution < 1.29 is 9.53 Å². The first kappa shape index (κ1) is 16.9. The SMILES string of the molecule is COc1ccccc1-c1cccc(NC(=O)CC2CSCCN2)c1. The van der Waals surface area contributed by atoms with Crippen molar-refractivity contribution in [2.24, 2.45) is 0 Å². The summed E-state index contributed by atoms with van der Waals surface area (Å²) >= 11 is 1.90. The summed E-state index contributed by atoms with van der Waals surface area (Å²) < 4.78 is 5.42. The van der Waals surface area contributed by atoms with Crippen molar-refractivity contribution in [2.45, 2.75) is 12.5 Å². The molecule has 2 N–H and O–H groups in total. The van der Waals surface area contributed by atoms with E-state index in [0.717, 1.165) is 40.6 Å². The lowest BCUT2D eigenvalue weighted by Crippen LogP contribution is -2.39. The summed E-state index contributed by atoms with van der Waals surface area (Å²) in [5.74, 6) is 2.99. The zero-order valence-electron chi connectivity index (χ0n) is 13.7. The van der Waals surface area contributed by atoms with Crippen LogP contribution in [0.1, 0.15) is 6.42 Å². The molecule has 1 fully saturated rings. The molecule has 5 heteroatoms. The van der Waals surface area contributed by atoms with Crippen LogP contribution in [0.25, 0.3) is 11.1 Å². The van der Waals surface area contributed by atoms with E-state index in [1.807, 2.05) is 60.3 Å². The van der Waals surface area contributed by atoms with Gasteiger partial charge in [-0.3, -0.25) is 4.79 Å². The molecule has 1 atom stereocenters. The van der Waals surface area contributed by atoms with Gasteiger partial charge in [0.15, 0.2) is 0 Å². The number of rotatable bonds is 5. The second-order valence-corrected chi connectivity index (χ2v) is 6.91. The van der Waals surface area contributed by atoms with Crippen molar-refractivity contribution in [3.8, 4) is 16.9 Å². The van der Waals surface area contributed by atoms with Crippen LogP contribution in [0.15, 0.2) is 48.5 Å². The van der Waals surface area contributed by atoms with Crippen LogP contribution in [0.3, 0.4) is 0 Å². The molecular weight excluding hydrogens is 320 g/mol. The van der Waals surface area contributed by atoms with E-state index < -0.39 is 0 Å². The number of para-hydroxylation sites is 1. The lowest BCUT2D eigenvalue weighted by Gasteiger charge is -2.22. The average Bonchev–Trinajstić information content (AvgIpc) is 2.62. The normalized spacial score (nSPS) is 17.3. The van der Waals surface area contributed by atoms with Gasteiger partial charge < -0.3 is 15.4 Å². The zero-order chi connectivity index (χ0) is 16.8. The topological polar surface area (TPSA) is 50.4 Å². The number of ether oxygens (including phenoxy) is 1. The first-order valence-electron chi connectivity index (χ1n) is 8.10. The molecule has 4 nitrogen and oxygen atoms in total. The molecule has 1 amide bonds. The Bertz CT molecular complexity index is 699. The van der Waals surface area contributed by atoms with Crippen molar-refractivity contribution in [1.29, 1.82) is 0 Å². The van der Waals surface area contributed by atoms with E-state index in [4.69, 9.17) is 4.74 Å². The Labute approximate surface area is 147 Å². The quantitative estimate of drug-likeness (QED) is 0.874. The molecule has 1 aliphatic heterocycles. The fourth-order valence-corrected chi connectivity index (χ4v) is 3.78. The van der Waals surface area contributed by atoms with Gasteiger partial charge in [-0.15, -0.1) is 0 Å². The Kier molecular flexibility index (Phi) is 5.77. The molecule has 1 heterocycles. The molecule has 126 valence electrons. The Hall–Kier alpha value is -1.98. The molecule has 1 aliphatic rings. The molecule has 2 aromatic rings. The minimum absolute atomic E-state index is 0.0483. The summed E-state index contributed by atoms with van der Waals surface area (Å²) in [6.45, 7) is 0.978. The number of methoxy groups -OCH3 is 1. The van der Waals surface area contributed by atoms with Gasteiger partial charge in [-0.2, -0.15) is 11.8 Å². The summed E-state index contributed by atoms with van der Waals surface area (Å²) in [5.41, 5.74) is 2.85. The van der Waals surface area contributed by atoms with Gasteiger partial charge in [-0.1, -0.05) is 30.3 Å². The number of thioether (sulfide) groups is 1. The highest BCUT2D eigenvalue weighted by molar-refractivity contribution is 7.99. The van der Waals surface area contributed by atoms with E-state index in [1.54, 1.807) is 7.11 Å². The fourth-order valence-electron chi connectivity index (χ4n) is 2.83. The highest BCUT2D eigenvalue weighted by Gasteiger charge is 2.17. The van der Waals surface area contributed by atoms with Gasteiger partial charge in [0, 0.05) is 41.8 Å². The van der Waals surface area contributed by atoms with Gasteiger partial charge in [0.1, 0.15) is 5.75 Å². The Morgan fingerprint density at radius 2 is 2.17 bits per heavy atom. The van der Waals surface area contributed by atoms with Crippen LogP contribution in [0, 0.1) is 0 Å². The van der Waals surface area contributed by atoms with Crippen molar-refractivity contribution in [1.82, 2.24) is 5.32 Å². The number of carbonyl (C=O) groups is 1. The maximum atomic E-state index is 12.3. The van der Waals surface area contributed by atoms with Crippen LogP contribution in [-0.2, 0) is 4.79 Å². The predicted molar refractivity (Wildman–Crippen MR) is 101 cm³/mol. The van der Waals surface area contributed by atoms with Crippen molar-refractivity contribution in [2.75, 3.05) is 30.5 Å². The zero-order valence-corrected chi connectivity index (χ0v) is 14.6. The van der Waals surface area contributed by atoms with E-state index in [9.17, 15) is 4.79 Å². The van der Waals surface area contributed by atoms with Crippen LogP contribution in [0.4, 0.5) is 5.69 Å². The first-order valence-corrected chi connectivity index (χ1v) is 9.26. The molecule has 1 unspecified atom stereocenters. The third-order valence-electron chi connectivity index (χ3n) is 3.99. The molecule has 1 saturated heterocycles. The average molecular weight is 342 g/mol. The number of hydrogen-bond donors (Lipinski definition) is 2. The molecule has 0 aliphatic carbocycles. The van der Waals surface area contributed by atoms with Crippen molar-refractivity contribution in [3.05, 3.63) is 48.5 Å². The van der Waals surface area contributed by atoms with Gasteiger partial charge in [0.05, 0.1) is 7.11 Å². The molecule has 2 aromatic carbocycles. The lowest BCUT2D eigenvalue weighted by molar-refractivity contribution is -0.116. The minimum atomic E-state index is 0.0483. The second-order valence-electron chi connectivity index (χ2n) is 5.76. The smallest absolute Gasteiger partial charge is 0.225 e. The van der Waals surface area contributed by atoms with Crippen LogP contribution in [0.2, 0.25) is 0 Å². The molecule has 0 spiro atoms. The molecule has 24 heavy (non-hydrogen) atoms. The van der Waals surface area contributed by atoms with Crippen LogP contribution < -0.4 is 15.4 Å². The highest BCUT2D eigenvalue weighted by atomic mass is 32.2. The largest absolute Gasteiger partial charge is 0.496 e. The Morgan fingerprint density at radius 3 is 2.96 bits per heavy atom. The number of nitrogens with one attached hydrogen (secondary N) is 2. The number of hydrogen-bond acceptors (Lipinski definition) is 4. The van der Waals surface area contributed by atoms with Crippen LogP contribution >= 0.6 is 11.8 Å². The van der Waals surface area contributed by atoms with Gasteiger partial charge in [-0.05, 0) is 23.8 Å². The van der Waals surface area contributed by atoms with E-state index >= 15 is 0 Å². The van der Waals surface area contributed by atoms with E-state index in [-0.39, 0.29) is 11.9 Å². The summed E-state index contributed by atoms with van der Waals surface area (Å²) in [4.78, 5) is 12.3. The summed E-state index contributed by atoms with van der Waals surface area (Å²) in [7, 11) is 1.67. The Balaban J connectivity index is 1.70. The van der Waals surface area contributed by atoms with Gasteiger partial charge in [-0.25, -0.2) is 0 Å². The number of benzene rings is 2. The third kappa shape index (κ3) is 4.30. The lowest BCUT2D eigenvalue weighted by atomic mass is 10.0. The van der Waals surface area contributed by atoms with Gasteiger partial charge in [0.2, 0.25) is 5.91 Å². The Morgan fingerprint density at radius 1 is 1.29 bits per heavy atom. The van der Waals surface area contributed by atoms with E-state index in [1.165, 1.54) is 0 Å². The van der Waals surface area contributed by atoms with E-state index in [2.05, 4.69) is 10.6 Å². The number of amides is 1. The minimum Gasteiger partial charge on any atom is -0.496 e. The molecule has 0 saturated carbocycles. The van der Waals surface area contributed by atoms with Crippen molar-refractivity contribution >= 4 is 23.4 Å². The monoisotopic (exact) mass is 342 g/mol. The van der Waals surface area contributed by atoms with Gasteiger partial charge >= 0.3 is 0 Å². The summed E-state index contributed by atoms with van der Waals surface area (Å²) in [5, 5.41) is 6.40. The summed E-state index contributed by atoms with van der Waals surface area (Å²) in [6.07, 6.45) is 0.506. The van der Waals surface area contributed by atoms with Crippen molar-refractivity contribution in [3.63, 3.8) is 0 Å². The second kappa shape index (κ2) is 8.22. The molecule has 0 aromatic heterocycles. The molecule has 3 rings (SSSR count).